The first-order valence-corrected chi connectivity index (χ1v) is 27.3. The van der Waals surface area contributed by atoms with Gasteiger partial charge in [-0.3, -0.25) is 49.1 Å². The van der Waals surface area contributed by atoms with Gasteiger partial charge in [0, 0.05) is 78.4 Å². The zero-order valence-electron chi connectivity index (χ0n) is 47.4. The molecule has 4 aromatic carbocycles. The third-order valence-electron chi connectivity index (χ3n) is 15.3. The van der Waals surface area contributed by atoms with Crippen LogP contribution in [0.5, 0.6) is 5.75 Å². The minimum absolute atomic E-state index is 0.0190. The Morgan fingerprint density at radius 1 is 0.562 bits per heavy atom. The fraction of sp³-hybridized carbons (Fsp3) is 0.419. The van der Waals surface area contributed by atoms with Crippen molar-refractivity contribution in [3.05, 3.63) is 127 Å². The molecule has 426 valence electrons. The topological polar surface area (TPSA) is 253 Å². The second-order valence-electron chi connectivity index (χ2n) is 22.8. The Hall–Kier alpha value is -7.80. The van der Waals surface area contributed by atoms with E-state index in [-0.39, 0.29) is 76.1 Å². The number of anilines is 4. The molecular formula is C62H78N8O10. The van der Waals surface area contributed by atoms with E-state index in [9.17, 15) is 33.9 Å². The van der Waals surface area contributed by atoms with Crippen LogP contribution >= 0.6 is 0 Å². The van der Waals surface area contributed by atoms with Gasteiger partial charge in [-0.25, -0.2) is 11.0 Å². The molecule has 80 heavy (non-hydrogen) atoms. The van der Waals surface area contributed by atoms with Crippen molar-refractivity contribution >= 4 is 80.0 Å². The Bertz CT molecular complexity index is 3130. The summed E-state index contributed by atoms with van der Waals surface area (Å²) in [7, 11) is 0. The van der Waals surface area contributed by atoms with Crippen molar-refractivity contribution in [1.29, 1.82) is 0 Å². The van der Waals surface area contributed by atoms with Gasteiger partial charge in [0.15, 0.2) is 0 Å². The van der Waals surface area contributed by atoms with Crippen molar-refractivity contribution in [3.63, 3.8) is 0 Å². The van der Waals surface area contributed by atoms with Crippen LogP contribution in [-0.4, -0.2) is 87.2 Å². The van der Waals surface area contributed by atoms with Crippen molar-refractivity contribution < 1.29 is 49.0 Å². The van der Waals surface area contributed by atoms with Crippen LogP contribution in [0.2, 0.25) is 0 Å². The minimum atomic E-state index is -0.476. The average molecular weight is 1100 g/mol. The van der Waals surface area contributed by atoms with Crippen LogP contribution in [0.3, 0.4) is 0 Å². The fourth-order valence-electron chi connectivity index (χ4n) is 10.9. The molecule has 0 fully saturated rings. The zero-order chi connectivity index (χ0) is 58.3. The quantitative estimate of drug-likeness (QED) is 0.0179. The van der Waals surface area contributed by atoms with E-state index in [0.29, 0.717) is 88.1 Å². The molecule has 2 heterocycles. The number of fused-ring (bicyclic) bond motifs is 2. The monoisotopic (exact) mass is 1090 g/mol. The zero-order valence-corrected chi connectivity index (χ0v) is 47.4. The van der Waals surface area contributed by atoms with Crippen LogP contribution in [0, 0.1) is 21.7 Å². The number of para-hydroxylation sites is 1. The maximum Gasteiger partial charge on any atom is 0.258 e. The van der Waals surface area contributed by atoms with Gasteiger partial charge in [0.2, 0.25) is 29.5 Å². The molecule has 3 unspecified atom stereocenters. The number of aromatic nitrogens is 2. The second-order valence-corrected chi connectivity index (χ2v) is 22.8. The first kappa shape index (κ1) is 61.4. The average Bonchev–Trinajstić information content (AvgIpc) is 3.51. The maximum atomic E-state index is 14.5. The predicted molar refractivity (Wildman–Crippen MR) is 310 cm³/mol. The summed E-state index contributed by atoms with van der Waals surface area (Å²) in [6, 6.07) is 30.1. The van der Waals surface area contributed by atoms with Crippen LogP contribution in [0.25, 0.3) is 21.8 Å². The molecule has 0 aliphatic carbocycles. The Balaban J connectivity index is 1.16. The number of nitrogens with zero attached hydrogens (tertiary/aromatic N) is 4. The molecule has 6 amide bonds. The van der Waals surface area contributed by atoms with Gasteiger partial charge in [0.1, 0.15) is 12.4 Å². The molecule has 0 spiro atoms. The molecule has 0 radical (unpaired) electrons. The summed E-state index contributed by atoms with van der Waals surface area (Å²) in [5.74, 6) is -1.61. The van der Waals surface area contributed by atoms with Crippen LogP contribution in [-0.2, 0) is 30.4 Å². The van der Waals surface area contributed by atoms with Crippen LogP contribution < -0.4 is 36.1 Å². The number of aliphatic hydroxyl groups excluding tert-OH is 1. The highest BCUT2D eigenvalue weighted by Crippen LogP contribution is 2.44. The highest BCUT2D eigenvalue weighted by Gasteiger charge is 2.37. The summed E-state index contributed by atoms with van der Waals surface area (Å²) in [6.45, 7) is 15.6. The molecule has 7 N–H and O–H groups in total. The number of benzene rings is 4. The lowest BCUT2D eigenvalue weighted by molar-refractivity contribution is -0.132. The molecule has 18 nitrogen and oxygen atoms in total. The summed E-state index contributed by atoms with van der Waals surface area (Å²) in [5, 5.41) is 36.0. The lowest BCUT2D eigenvalue weighted by Gasteiger charge is -2.38. The number of hydroxylamine groups is 2. The third kappa shape index (κ3) is 16.6. The number of amides is 6. The number of aliphatic hydroxyl groups is 1. The number of carbonyl (C=O) groups excluding carboxylic acids is 6. The van der Waals surface area contributed by atoms with E-state index < -0.39 is 39.4 Å². The van der Waals surface area contributed by atoms with Crippen LogP contribution in [0.4, 0.5) is 22.7 Å². The Labute approximate surface area is 468 Å². The molecule has 0 aliphatic heterocycles. The molecular weight excluding hydrogens is 1020 g/mol. The number of hydrogen-bond acceptors (Lipinski definition) is 12. The summed E-state index contributed by atoms with van der Waals surface area (Å²) >= 11 is 0. The maximum absolute atomic E-state index is 14.5. The molecule has 6 aromatic rings. The minimum Gasteiger partial charge on any atom is -0.492 e. The Morgan fingerprint density at radius 2 is 1.07 bits per heavy atom. The third-order valence-corrected chi connectivity index (χ3v) is 15.3. The van der Waals surface area contributed by atoms with Crippen molar-refractivity contribution in [2.24, 2.45) is 21.7 Å². The number of pyridine rings is 2. The van der Waals surface area contributed by atoms with Gasteiger partial charge in [0.05, 0.1) is 42.0 Å². The van der Waals surface area contributed by atoms with Gasteiger partial charge in [-0.2, -0.15) is 0 Å². The lowest BCUT2D eigenvalue weighted by Crippen LogP contribution is -2.36. The van der Waals surface area contributed by atoms with E-state index in [1.807, 2.05) is 91.8 Å². The first-order valence-electron chi connectivity index (χ1n) is 27.3. The number of carbonyl (C=O) groups is 6. The largest absolute Gasteiger partial charge is 0.492 e. The van der Waals surface area contributed by atoms with Crippen LogP contribution in [0.1, 0.15) is 129 Å². The Kier molecular flexibility index (Phi) is 21.0. The van der Waals surface area contributed by atoms with Gasteiger partial charge in [-0.1, -0.05) is 111 Å². The molecule has 0 saturated carbocycles. The van der Waals surface area contributed by atoms with Crippen molar-refractivity contribution in [1.82, 2.24) is 20.9 Å². The smallest absolute Gasteiger partial charge is 0.258 e. The van der Waals surface area contributed by atoms with Gasteiger partial charge >= 0.3 is 0 Å². The lowest BCUT2D eigenvalue weighted by atomic mass is 9.67. The van der Waals surface area contributed by atoms with Crippen molar-refractivity contribution in [2.45, 2.75) is 120 Å². The molecule has 6 rings (SSSR count). The predicted octanol–water partition coefficient (Wildman–Crippen LogP) is 10.6. The number of nitrogens with one attached hydrogen (secondary N) is 4. The van der Waals surface area contributed by atoms with Crippen LogP contribution in [0.15, 0.2) is 116 Å². The van der Waals surface area contributed by atoms with E-state index in [0.717, 1.165) is 5.39 Å². The summed E-state index contributed by atoms with van der Waals surface area (Å²) < 4.78 is 6.45. The van der Waals surface area contributed by atoms with Gasteiger partial charge in [-0.05, 0) is 101 Å². The SMILES string of the molecule is CCC(C)(CC(=O)Nc1ccc(CC(=O)N(CCOc2cc(N(CCO)C(=O)c3ccc(NC(=O)CC(C)(CC)CC(C)(CC)CC(=O)NO)cc3)c3ncccc3c2)c2cccc3cccnc23)cc1)CC(C)(C)CC(=O)NO. The second kappa shape index (κ2) is 27.4. The van der Waals surface area contributed by atoms with Gasteiger partial charge in [0.25, 0.3) is 5.91 Å². The van der Waals surface area contributed by atoms with Gasteiger partial charge < -0.3 is 30.3 Å². The standard InChI is InChI=1S/C62H78N8O10/c1-9-60(6,40-59(4,5)36-53(74)67-78)37-51(72)65-46-23-19-42(20-24-46)33-55(76)69(49-18-12-15-43-16-13-27-63-56(43)49)30-32-80-48-34-45-17-14-28-64-57(45)50(35-48)70(29-31-71)58(77)44-21-25-47(26-22-44)66-52(73)38-61(7,10-2)41-62(8,11-3)39-54(75)68-79/h12-28,34-35,71,78-79H,9-11,29-33,36-41H2,1-8H3,(H,65,72)(H,66,73)(H,67,74)(H,68,75). The summed E-state index contributed by atoms with van der Waals surface area (Å²) in [4.78, 5) is 92.2. The Morgan fingerprint density at radius 3 is 1.64 bits per heavy atom. The van der Waals surface area contributed by atoms with E-state index in [1.54, 1.807) is 95.0 Å². The van der Waals surface area contributed by atoms with E-state index >= 15 is 0 Å². The number of ether oxygens (including phenoxy) is 1. The molecule has 0 bridgehead atoms. The molecule has 0 aliphatic rings. The van der Waals surface area contributed by atoms with Crippen molar-refractivity contribution in [2.75, 3.05) is 46.7 Å². The molecule has 0 saturated heterocycles. The number of rotatable bonds is 28. The van der Waals surface area contributed by atoms with E-state index in [4.69, 9.17) is 15.2 Å². The number of hydrogen-bond donors (Lipinski definition) is 7. The van der Waals surface area contributed by atoms with E-state index in [1.165, 1.54) is 4.90 Å². The highest BCUT2D eigenvalue weighted by atomic mass is 16.5. The van der Waals surface area contributed by atoms with Gasteiger partial charge in [-0.15, -0.1) is 0 Å². The molecule has 2 aromatic heterocycles. The molecule has 3 atom stereocenters. The first-order chi connectivity index (χ1) is 38.1. The fourth-order valence-corrected chi connectivity index (χ4v) is 10.9. The van der Waals surface area contributed by atoms with E-state index in [2.05, 4.69) is 20.6 Å². The molecule has 18 heteroatoms. The van der Waals surface area contributed by atoms with Crippen molar-refractivity contribution in [3.8, 4) is 5.75 Å². The normalized spacial score (nSPS) is 13.7. The highest BCUT2D eigenvalue weighted by molar-refractivity contribution is 6.11. The summed E-state index contributed by atoms with van der Waals surface area (Å²) in [5.41, 5.74) is 5.87. The summed E-state index contributed by atoms with van der Waals surface area (Å²) in [6.07, 6.45) is 7.20.